The Kier molecular flexibility index (Phi) is 4.56. The van der Waals surface area contributed by atoms with Crippen LogP contribution in [0.3, 0.4) is 0 Å². The molecule has 2 atom stereocenters. The van der Waals surface area contributed by atoms with Crippen LogP contribution < -0.4 is 10.5 Å². The summed E-state index contributed by atoms with van der Waals surface area (Å²) >= 11 is 0. The van der Waals surface area contributed by atoms with Gasteiger partial charge in [0.15, 0.2) is 0 Å². The number of likely N-dealkylation sites (tertiary alicyclic amines) is 1. The van der Waals surface area contributed by atoms with Crippen LogP contribution >= 0.6 is 0 Å². The number of ether oxygens (including phenoxy) is 1. The minimum Gasteiger partial charge on any atom is -0.481 e. The first-order valence-corrected chi connectivity index (χ1v) is 7.52. The van der Waals surface area contributed by atoms with Crippen LogP contribution in [-0.4, -0.2) is 39.8 Å². The standard InChI is InChI=1S/C15H26N4O2/c1-9(2)19-12(20)8-6-7-11(16)14(19)13-10(3)17-18(4)15(13)21-5/h9,11,14H,6-8,16H2,1-5H3. The van der Waals surface area contributed by atoms with Crippen molar-refractivity contribution in [1.29, 1.82) is 0 Å². The molecular formula is C15H26N4O2. The molecule has 6 nitrogen and oxygen atoms in total. The zero-order chi connectivity index (χ0) is 15.7. The molecule has 0 spiro atoms. The zero-order valence-corrected chi connectivity index (χ0v) is 13.6. The Hall–Kier alpha value is -1.56. The largest absolute Gasteiger partial charge is 0.481 e. The Bertz CT molecular complexity index is 524. The Balaban J connectivity index is 2.57. The summed E-state index contributed by atoms with van der Waals surface area (Å²) in [4.78, 5) is 14.4. The van der Waals surface area contributed by atoms with E-state index in [2.05, 4.69) is 5.10 Å². The maximum absolute atomic E-state index is 12.5. The van der Waals surface area contributed by atoms with Crippen molar-refractivity contribution in [1.82, 2.24) is 14.7 Å². The van der Waals surface area contributed by atoms with Gasteiger partial charge in [-0.15, -0.1) is 0 Å². The predicted molar refractivity (Wildman–Crippen MR) is 81.0 cm³/mol. The van der Waals surface area contributed by atoms with Crippen molar-refractivity contribution in [3.05, 3.63) is 11.3 Å². The maximum atomic E-state index is 12.5. The number of rotatable bonds is 3. The molecule has 0 aromatic carbocycles. The molecule has 0 radical (unpaired) electrons. The minimum atomic E-state index is -0.177. The van der Waals surface area contributed by atoms with Crippen LogP contribution in [0.15, 0.2) is 0 Å². The van der Waals surface area contributed by atoms with Crippen molar-refractivity contribution >= 4 is 5.91 Å². The SMILES string of the molecule is COc1c(C2C(N)CCCC(=O)N2C(C)C)c(C)nn1C. The van der Waals surface area contributed by atoms with Crippen LogP contribution in [0, 0.1) is 6.92 Å². The van der Waals surface area contributed by atoms with Gasteiger partial charge in [0.25, 0.3) is 0 Å². The summed E-state index contributed by atoms with van der Waals surface area (Å²) in [5.41, 5.74) is 8.23. The molecule has 1 saturated heterocycles. The number of nitrogens with two attached hydrogens (primary N) is 1. The van der Waals surface area contributed by atoms with Crippen LogP contribution in [0.25, 0.3) is 0 Å². The van der Waals surface area contributed by atoms with Gasteiger partial charge in [-0.3, -0.25) is 4.79 Å². The van der Waals surface area contributed by atoms with Gasteiger partial charge in [0, 0.05) is 25.6 Å². The maximum Gasteiger partial charge on any atom is 0.223 e. The number of carbonyl (C=O) groups excluding carboxylic acids is 1. The summed E-state index contributed by atoms with van der Waals surface area (Å²) in [5, 5.41) is 4.44. The normalized spacial score (nSPS) is 23.6. The van der Waals surface area contributed by atoms with E-state index in [1.54, 1.807) is 11.8 Å². The summed E-state index contributed by atoms with van der Waals surface area (Å²) < 4.78 is 7.22. The topological polar surface area (TPSA) is 73.4 Å². The molecule has 1 aliphatic rings. The molecule has 2 heterocycles. The van der Waals surface area contributed by atoms with Crippen LogP contribution in [-0.2, 0) is 11.8 Å². The molecule has 1 aromatic heterocycles. The lowest BCUT2D eigenvalue weighted by Gasteiger charge is -2.36. The van der Waals surface area contributed by atoms with E-state index in [0.717, 1.165) is 24.1 Å². The second-order valence-corrected chi connectivity index (χ2v) is 6.03. The molecule has 1 fully saturated rings. The summed E-state index contributed by atoms with van der Waals surface area (Å²) in [5.74, 6) is 0.849. The smallest absolute Gasteiger partial charge is 0.223 e. The van der Waals surface area contributed by atoms with Crippen LogP contribution in [0.1, 0.15) is 50.4 Å². The lowest BCUT2D eigenvalue weighted by Crippen LogP contribution is -2.46. The molecule has 0 bridgehead atoms. The number of hydrogen-bond acceptors (Lipinski definition) is 4. The van der Waals surface area contributed by atoms with Crippen LogP contribution in [0.2, 0.25) is 0 Å². The van der Waals surface area contributed by atoms with Gasteiger partial charge in [-0.2, -0.15) is 5.10 Å². The monoisotopic (exact) mass is 294 g/mol. The van der Waals surface area contributed by atoms with Crippen molar-refractivity contribution in [2.75, 3.05) is 7.11 Å². The third-order valence-corrected chi connectivity index (χ3v) is 4.18. The van der Waals surface area contributed by atoms with Gasteiger partial charge in [-0.1, -0.05) is 0 Å². The lowest BCUT2D eigenvalue weighted by atomic mass is 9.95. The summed E-state index contributed by atoms with van der Waals surface area (Å²) in [6.45, 7) is 6.00. The minimum absolute atomic E-state index is 0.0935. The Morgan fingerprint density at radius 3 is 2.67 bits per heavy atom. The van der Waals surface area contributed by atoms with Gasteiger partial charge < -0.3 is 15.4 Å². The fourth-order valence-corrected chi connectivity index (χ4v) is 3.34. The van der Waals surface area contributed by atoms with E-state index in [9.17, 15) is 4.79 Å². The third kappa shape index (κ3) is 2.77. The number of amides is 1. The highest BCUT2D eigenvalue weighted by molar-refractivity contribution is 5.77. The zero-order valence-electron chi connectivity index (χ0n) is 13.6. The van der Waals surface area contributed by atoms with Gasteiger partial charge in [-0.25, -0.2) is 4.68 Å². The van der Waals surface area contributed by atoms with Crippen molar-refractivity contribution in [2.24, 2.45) is 12.8 Å². The van der Waals surface area contributed by atoms with Crippen molar-refractivity contribution in [3.8, 4) is 5.88 Å². The highest BCUT2D eigenvalue weighted by atomic mass is 16.5. The molecule has 0 aliphatic carbocycles. The second kappa shape index (κ2) is 6.05. The number of carbonyl (C=O) groups is 1. The van der Waals surface area contributed by atoms with E-state index >= 15 is 0 Å². The summed E-state index contributed by atoms with van der Waals surface area (Å²) in [6.07, 6.45) is 2.22. The predicted octanol–water partition coefficient (Wildman–Crippen LogP) is 1.53. The van der Waals surface area contributed by atoms with E-state index in [1.165, 1.54) is 0 Å². The van der Waals surface area contributed by atoms with Crippen LogP contribution in [0.4, 0.5) is 0 Å². The Labute approximate surface area is 126 Å². The van der Waals surface area contributed by atoms with E-state index in [4.69, 9.17) is 10.5 Å². The number of hydrogen-bond donors (Lipinski definition) is 1. The van der Waals surface area contributed by atoms with Crippen molar-refractivity contribution in [3.63, 3.8) is 0 Å². The average Bonchev–Trinajstić information content (AvgIpc) is 2.58. The number of methoxy groups -OCH3 is 1. The average molecular weight is 294 g/mol. The van der Waals surface area contributed by atoms with Gasteiger partial charge in [0.1, 0.15) is 0 Å². The fraction of sp³-hybridized carbons (Fsp3) is 0.733. The fourth-order valence-electron chi connectivity index (χ4n) is 3.34. The van der Waals surface area contributed by atoms with Gasteiger partial charge in [0.05, 0.1) is 24.4 Å². The van der Waals surface area contributed by atoms with Crippen LogP contribution in [0.5, 0.6) is 5.88 Å². The van der Waals surface area contributed by atoms with Gasteiger partial charge >= 0.3 is 0 Å². The summed E-state index contributed by atoms with van der Waals surface area (Å²) in [7, 11) is 3.48. The van der Waals surface area contributed by atoms with Crippen molar-refractivity contribution < 1.29 is 9.53 Å². The molecule has 118 valence electrons. The molecule has 6 heteroatoms. The number of aryl methyl sites for hydroxylation is 2. The van der Waals surface area contributed by atoms with E-state index in [1.807, 2.05) is 32.7 Å². The third-order valence-electron chi connectivity index (χ3n) is 4.18. The Morgan fingerprint density at radius 1 is 1.43 bits per heavy atom. The second-order valence-electron chi connectivity index (χ2n) is 6.03. The van der Waals surface area contributed by atoms with E-state index < -0.39 is 0 Å². The number of nitrogens with zero attached hydrogens (tertiary/aromatic N) is 3. The molecule has 0 saturated carbocycles. The molecule has 1 aromatic rings. The lowest BCUT2D eigenvalue weighted by molar-refractivity contribution is -0.135. The highest BCUT2D eigenvalue weighted by Crippen LogP contribution is 2.38. The van der Waals surface area contributed by atoms with E-state index in [-0.39, 0.29) is 24.0 Å². The van der Waals surface area contributed by atoms with Crippen molar-refractivity contribution in [2.45, 2.75) is 58.2 Å². The molecule has 1 aliphatic heterocycles. The molecule has 2 N–H and O–H groups in total. The first-order chi connectivity index (χ1) is 9.88. The van der Waals surface area contributed by atoms with Gasteiger partial charge in [-0.05, 0) is 33.6 Å². The molecular weight excluding hydrogens is 268 g/mol. The molecule has 2 rings (SSSR count). The molecule has 21 heavy (non-hydrogen) atoms. The first kappa shape index (κ1) is 15.8. The number of aromatic nitrogens is 2. The highest BCUT2D eigenvalue weighted by Gasteiger charge is 2.38. The molecule has 1 amide bonds. The molecule has 2 unspecified atom stereocenters. The first-order valence-electron chi connectivity index (χ1n) is 7.52. The summed E-state index contributed by atoms with van der Waals surface area (Å²) in [6, 6.07) is -0.185. The van der Waals surface area contributed by atoms with E-state index in [0.29, 0.717) is 12.3 Å². The Morgan fingerprint density at radius 2 is 2.10 bits per heavy atom. The quantitative estimate of drug-likeness (QED) is 0.917. The van der Waals surface area contributed by atoms with Gasteiger partial charge in [0.2, 0.25) is 11.8 Å².